The summed E-state index contributed by atoms with van der Waals surface area (Å²) in [7, 11) is 0. The molecule has 2 nitrogen and oxygen atoms in total. The van der Waals surface area contributed by atoms with Gasteiger partial charge in [0.05, 0.1) is 0 Å². The van der Waals surface area contributed by atoms with Crippen LogP contribution in [0.1, 0.15) is 53.4 Å². The van der Waals surface area contributed by atoms with Crippen molar-refractivity contribution in [2.75, 3.05) is 13.1 Å². The van der Waals surface area contributed by atoms with Crippen LogP contribution >= 0.6 is 0 Å². The first-order chi connectivity index (χ1) is 7.97. The number of hydrogen-bond acceptors (Lipinski definition) is 1. The van der Waals surface area contributed by atoms with Crippen LogP contribution in [0.15, 0.2) is 12.7 Å². The van der Waals surface area contributed by atoms with Gasteiger partial charge < -0.3 is 4.90 Å². The summed E-state index contributed by atoms with van der Waals surface area (Å²) < 4.78 is 0. The van der Waals surface area contributed by atoms with Crippen LogP contribution in [0.5, 0.6) is 0 Å². The zero-order chi connectivity index (χ0) is 13.3. The van der Waals surface area contributed by atoms with E-state index in [1.54, 1.807) is 0 Å². The monoisotopic (exact) mass is 239 g/mol. The molecule has 1 amide bonds. The van der Waals surface area contributed by atoms with Crippen LogP contribution in [-0.2, 0) is 4.79 Å². The molecule has 0 fully saturated rings. The Morgan fingerprint density at radius 3 is 1.76 bits per heavy atom. The van der Waals surface area contributed by atoms with Crippen molar-refractivity contribution in [1.29, 1.82) is 0 Å². The average molecular weight is 239 g/mol. The van der Waals surface area contributed by atoms with Gasteiger partial charge in [0, 0.05) is 13.1 Å². The Morgan fingerprint density at radius 1 is 1.06 bits per heavy atom. The fraction of sp³-hybridized carbons (Fsp3) is 0.800. The Kier molecular flexibility index (Phi) is 8.83. The molecule has 2 heteroatoms. The smallest absolute Gasteiger partial charge is 0.245 e. The second kappa shape index (κ2) is 9.26. The average Bonchev–Trinajstić information content (AvgIpc) is 2.25. The van der Waals surface area contributed by atoms with Crippen LogP contribution in [0.2, 0.25) is 0 Å². The van der Waals surface area contributed by atoms with Crippen molar-refractivity contribution in [2.24, 2.45) is 11.8 Å². The summed E-state index contributed by atoms with van der Waals surface area (Å²) in [4.78, 5) is 13.6. The predicted octanol–water partition coefficient (Wildman–Crippen LogP) is 3.87. The molecule has 0 aromatic heterocycles. The number of carbonyl (C=O) groups is 1. The molecule has 0 rings (SSSR count). The molecule has 0 radical (unpaired) electrons. The number of carbonyl (C=O) groups excluding carboxylic acids is 1. The molecule has 0 spiro atoms. The molecule has 0 N–H and O–H groups in total. The highest BCUT2D eigenvalue weighted by Gasteiger charge is 2.10. The van der Waals surface area contributed by atoms with Gasteiger partial charge in [0.15, 0.2) is 0 Å². The maximum Gasteiger partial charge on any atom is 0.245 e. The highest BCUT2D eigenvalue weighted by Crippen LogP contribution is 2.08. The van der Waals surface area contributed by atoms with Gasteiger partial charge in [-0.1, -0.05) is 34.3 Å². The van der Waals surface area contributed by atoms with Gasteiger partial charge in [-0.05, 0) is 43.6 Å². The second-order valence-electron chi connectivity index (χ2n) is 5.60. The lowest BCUT2D eigenvalue weighted by atomic mass is 10.1. The van der Waals surface area contributed by atoms with Crippen LogP contribution in [-0.4, -0.2) is 23.9 Å². The minimum absolute atomic E-state index is 0.0810. The van der Waals surface area contributed by atoms with Gasteiger partial charge in [0.25, 0.3) is 0 Å². The largest absolute Gasteiger partial charge is 0.339 e. The summed E-state index contributed by atoms with van der Waals surface area (Å²) in [6, 6.07) is 0. The van der Waals surface area contributed by atoms with E-state index in [2.05, 4.69) is 34.3 Å². The van der Waals surface area contributed by atoms with Crippen LogP contribution in [0, 0.1) is 11.8 Å². The molecule has 0 heterocycles. The highest BCUT2D eigenvalue weighted by molar-refractivity contribution is 5.86. The first-order valence-corrected chi connectivity index (χ1v) is 6.88. The van der Waals surface area contributed by atoms with E-state index in [-0.39, 0.29) is 5.91 Å². The summed E-state index contributed by atoms with van der Waals surface area (Å²) in [5.74, 6) is 1.51. The molecule has 100 valence electrons. The maximum atomic E-state index is 11.7. The first-order valence-electron chi connectivity index (χ1n) is 6.88. The topological polar surface area (TPSA) is 20.3 Å². The lowest BCUT2D eigenvalue weighted by molar-refractivity contribution is -0.126. The molecule has 0 aromatic carbocycles. The van der Waals surface area contributed by atoms with Gasteiger partial charge in [0.1, 0.15) is 0 Å². The standard InChI is InChI=1S/C15H29NO/c1-6-15(17)16(11-7-9-13(2)3)12-8-10-14(4)5/h6,13-14H,1,7-12H2,2-5H3. The predicted molar refractivity (Wildman–Crippen MR) is 74.9 cm³/mol. The summed E-state index contributed by atoms with van der Waals surface area (Å²) in [6.45, 7) is 14.2. The van der Waals surface area contributed by atoms with Gasteiger partial charge >= 0.3 is 0 Å². The fourth-order valence-electron chi connectivity index (χ4n) is 1.84. The van der Waals surface area contributed by atoms with Crippen molar-refractivity contribution in [3.63, 3.8) is 0 Å². The molecule has 0 bridgehead atoms. The van der Waals surface area contributed by atoms with E-state index in [1.807, 2.05) is 4.90 Å². The minimum atomic E-state index is 0.0810. The summed E-state index contributed by atoms with van der Waals surface area (Å²) >= 11 is 0. The maximum absolute atomic E-state index is 11.7. The fourth-order valence-corrected chi connectivity index (χ4v) is 1.84. The number of amides is 1. The molecule has 0 saturated carbocycles. The number of nitrogens with zero attached hydrogens (tertiary/aromatic N) is 1. The molecular weight excluding hydrogens is 210 g/mol. The summed E-state index contributed by atoms with van der Waals surface area (Å²) in [6.07, 6.45) is 6.00. The SMILES string of the molecule is C=CC(=O)N(CCCC(C)C)CCCC(C)C. The van der Waals surface area contributed by atoms with Crippen molar-refractivity contribution in [3.8, 4) is 0 Å². The van der Waals surface area contributed by atoms with Crippen LogP contribution in [0.3, 0.4) is 0 Å². The third-order valence-corrected chi connectivity index (χ3v) is 2.91. The molecule has 0 unspecified atom stereocenters. The summed E-state index contributed by atoms with van der Waals surface area (Å²) in [5, 5.41) is 0. The Morgan fingerprint density at radius 2 is 1.47 bits per heavy atom. The lowest BCUT2D eigenvalue weighted by Gasteiger charge is -2.22. The van der Waals surface area contributed by atoms with Crippen molar-refractivity contribution in [1.82, 2.24) is 4.90 Å². The molecule has 0 aliphatic heterocycles. The van der Waals surface area contributed by atoms with Gasteiger partial charge in [-0.15, -0.1) is 0 Å². The van der Waals surface area contributed by atoms with Gasteiger partial charge in [-0.3, -0.25) is 4.79 Å². The Bertz CT molecular complexity index is 207. The van der Waals surface area contributed by atoms with Gasteiger partial charge in [-0.25, -0.2) is 0 Å². The van der Waals surface area contributed by atoms with Crippen LogP contribution in [0.25, 0.3) is 0 Å². The molecule has 0 aromatic rings. The van der Waals surface area contributed by atoms with E-state index >= 15 is 0 Å². The minimum Gasteiger partial charge on any atom is -0.339 e. The lowest BCUT2D eigenvalue weighted by Crippen LogP contribution is -2.31. The molecule has 0 saturated heterocycles. The Hall–Kier alpha value is -0.790. The van der Waals surface area contributed by atoms with E-state index in [4.69, 9.17) is 0 Å². The van der Waals surface area contributed by atoms with Gasteiger partial charge in [0.2, 0.25) is 5.91 Å². The van der Waals surface area contributed by atoms with Gasteiger partial charge in [-0.2, -0.15) is 0 Å². The quantitative estimate of drug-likeness (QED) is 0.559. The molecular formula is C15H29NO. The molecule has 17 heavy (non-hydrogen) atoms. The highest BCUT2D eigenvalue weighted by atomic mass is 16.2. The first kappa shape index (κ1) is 16.2. The summed E-state index contributed by atoms with van der Waals surface area (Å²) in [5.41, 5.74) is 0. The van der Waals surface area contributed by atoms with E-state index in [9.17, 15) is 4.79 Å². The number of rotatable bonds is 9. The Labute approximate surface area is 107 Å². The third-order valence-electron chi connectivity index (χ3n) is 2.91. The third kappa shape index (κ3) is 8.96. The van der Waals surface area contributed by atoms with E-state index in [1.165, 1.54) is 18.9 Å². The number of hydrogen-bond donors (Lipinski definition) is 0. The normalized spacial score (nSPS) is 10.9. The Balaban J connectivity index is 3.97. The van der Waals surface area contributed by atoms with Crippen LogP contribution < -0.4 is 0 Å². The van der Waals surface area contributed by atoms with E-state index in [0.717, 1.165) is 25.9 Å². The van der Waals surface area contributed by atoms with Crippen molar-refractivity contribution < 1.29 is 4.79 Å². The second-order valence-corrected chi connectivity index (χ2v) is 5.60. The van der Waals surface area contributed by atoms with E-state index < -0.39 is 0 Å². The molecule has 0 aliphatic carbocycles. The zero-order valence-electron chi connectivity index (χ0n) is 12.0. The molecule has 0 atom stereocenters. The zero-order valence-corrected chi connectivity index (χ0v) is 12.0. The van der Waals surface area contributed by atoms with Crippen molar-refractivity contribution in [3.05, 3.63) is 12.7 Å². The molecule has 0 aliphatic rings. The van der Waals surface area contributed by atoms with Crippen molar-refractivity contribution in [2.45, 2.75) is 53.4 Å². The van der Waals surface area contributed by atoms with Crippen LogP contribution in [0.4, 0.5) is 0 Å². The van der Waals surface area contributed by atoms with Crippen molar-refractivity contribution >= 4 is 5.91 Å². The van der Waals surface area contributed by atoms with E-state index in [0.29, 0.717) is 11.8 Å².